The molecule has 1 unspecified atom stereocenters. The fraction of sp³-hybridized carbons (Fsp3) is 0.179. The third kappa shape index (κ3) is 5.15. The average Bonchev–Trinajstić information content (AvgIpc) is 3.21. The van der Waals surface area contributed by atoms with Crippen LogP contribution in [0.5, 0.6) is 5.75 Å². The second-order valence-electron chi connectivity index (χ2n) is 7.87. The van der Waals surface area contributed by atoms with Gasteiger partial charge in [-0.05, 0) is 43.0 Å². The predicted molar refractivity (Wildman–Crippen MR) is 146 cm³/mol. The first kappa shape index (κ1) is 25.5. The largest absolute Gasteiger partial charge is 0.496 e. The number of rotatable bonds is 8. The number of carbonyl (C=O) groups is 1. The van der Waals surface area contributed by atoms with Gasteiger partial charge in [0.15, 0.2) is 4.80 Å². The number of fused-ring (bicyclic) bond motifs is 1. The summed E-state index contributed by atoms with van der Waals surface area (Å²) in [5.74, 6) is 0.232. The highest BCUT2D eigenvalue weighted by atomic mass is 32.2. The maximum atomic E-state index is 13.6. The minimum atomic E-state index is -0.644. The van der Waals surface area contributed by atoms with Gasteiger partial charge in [-0.2, -0.15) is 0 Å². The number of thiazole rings is 1. The van der Waals surface area contributed by atoms with Crippen molar-refractivity contribution in [2.45, 2.75) is 17.9 Å². The molecule has 8 heteroatoms. The molecule has 6 nitrogen and oxygen atoms in total. The van der Waals surface area contributed by atoms with Crippen LogP contribution in [-0.4, -0.2) is 30.5 Å². The Hall–Kier alpha value is -3.62. The molecule has 0 amide bonds. The van der Waals surface area contributed by atoms with Crippen LogP contribution in [0.15, 0.2) is 93.2 Å². The summed E-state index contributed by atoms with van der Waals surface area (Å²) in [7, 11) is 1.62. The zero-order chi connectivity index (χ0) is 25.7. The molecule has 2 heterocycles. The van der Waals surface area contributed by atoms with Crippen molar-refractivity contribution in [2.24, 2.45) is 4.99 Å². The van der Waals surface area contributed by atoms with Crippen molar-refractivity contribution >= 4 is 41.2 Å². The normalized spacial score (nSPS) is 15.5. The van der Waals surface area contributed by atoms with Crippen LogP contribution >= 0.6 is 23.1 Å². The van der Waals surface area contributed by atoms with Gasteiger partial charge in [-0.1, -0.05) is 66.5 Å². The summed E-state index contributed by atoms with van der Waals surface area (Å²) in [6.45, 7) is 5.46. The Bertz CT molecular complexity index is 1530. The molecule has 0 spiro atoms. The van der Waals surface area contributed by atoms with E-state index in [9.17, 15) is 9.59 Å². The van der Waals surface area contributed by atoms with Crippen LogP contribution in [0.3, 0.4) is 0 Å². The maximum Gasteiger partial charge on any atom is 0.338 e. The number of aromatic nitrogens is 1. The van der Waals surface area contributed by atoms with Crippen LogP contribution in [-0.2, 0) is 9.53 Å². The van der Waals surface area contributed by atoms with Crippen LogP contribution in [0.4, 0.5) is 0 Å². The van der Waals surface area contributed by atoms with Crippen molar-refractivity contribution in [3.8, 4) is 5.75 Å². The molecule has 3 aromatic rings. The summed E-state index contributed by atoms with van der Waals surface area (Å²) >= 11 is 2.91. The van der Waals surface area contributed by atoms with E-state index >= 15 is 0 Å². The maximum absolute atomic E-state index is 13.6. The topological polar surface area (TPSA) is 69.9 Å². The fourth-order valence-electron chi connectivity index (χ4n) is 3.95. The third-order valence-corrected chi connectivity index (χ3v) is 7.41. The van der Waals surface area contributed by atoms with Gasteiger partial charge in [0.1, 0.15) is 12.4 Å². The molecule has 1 aliphatic rings. The molecule has 1 aromatic heterocycles. The van der Waals surface area contributed by atoms with Gasteiger partial charge < -0.3 is 9.47 Å². The molecule has 0 aliphatic carbocycles. The second-order valence-corrected chi connectivity index (χ2v) is 9.75. The molecule has 0 N–H and O–H groups in total. The number of benzene rings is 2. The Morgan fingerprint density at radius 2 is 1.97 bits per heavy atom. The van der Waals surface area contributed by atoms with Crippen molar-refractivity contribution in [1.82, 2.24) is 4.57 Å². The van der Waals surface area contributed by atoms with Gasteiger partial charge in [-0.3, -0.25) is 9.36 Å². The summed E-state index contributed by atoms with van der Waals surface area (Å²) < 4.78 is 12.9. The lowest BCUT2D eigenvalue weighted by Crippen LogP contribution is -2.39. The van der Waals surface area contributed by atoms with Gasteiger partial charge in [-0.25, -0.2) is 9.79 Å². The summed E-state index contributed by atoms with van der Waals surface area (Å²) in [5, 5.41) is 0. The molecule has 2 aromatic carbocycles. The Balaban J connectivity index is 1.83. The van der Waals surface area contributed by atoms with Gasteiger partial charge in [0.05, 0.1) is 29.0 Å². The number of para-hydroxylation sites is 1. The SMILES string of the molecule is C=CCOC(=O)C1=C(C)N=c2sc(=CC=Cc3ccccc3OC)c(=O)n2C1c1ccc(SC)cc1. The number of carbonyl (C=O) groups excluding carboxylic acids is 1. The first-order valence-electron chi connectivity index (χ1n) is 11.2. The Morgan fingerprint density at radius 1 is 1.22 bits per heavy atom. The molecule has 0 radical (unpaired) electrons. The third-order valence-electron chi connectivity index (χ3n) is 5.67. The van der Waals surface area contributed by atoms with Crippen molar-refractivity contribution in [3.05, 3.63) is 109 Å². The first-order valence-corrected chi connectivity index (χ1v) is 13.3. The fourth-order valence-corrected chi connectivity index (χ4v) is 5.36. The molecule has 4 rings (SSSR count). The summed E-state index contributed by atoms with van der Waals surface area (Å²) in [6.07, 6.45) is 8.98. The van der Waals surface area contributed by atoms with Crippen LogP contribution in [0, 0.1) is 0 Å². The molecular formula is C28H26N2O4S2. The zero-order valence-corrected chi connectivity index (χ0v) is 21.9. The molecule has 0 saturated carbocycles. The van der Waals surface area contributed by atoms with Gasteiger partial charge in [0.2, 0.25) is 0 Å². The molecule has 0 fully saturated rings. The van der Waals surface area contributed by atoms with Crippen molar-refractivity contribution in [3.63, 3.8) is 0 Å². The summed E-state index contributed by atoms with van der Waals surface area (Å²) in [5.41, 5.74) is 2.37. The van der Waals surface area contributed by atoms with E-state index in [2.05, 4.69) is 11.6 Å². The Kier molecular flexibility index (Phi) is 8.07. The van der Waals surface area contributed by atoms with E-state index < -0.39 is 12.0 Å². The summed E-state index contributed by atoms with van der Waals surface area (Å²) in [6, 6.07) is 14.8. The molecule has 184 valence electrons. The molecular weight excluding hydrogens is 492 g/mol. The van der Waals surface area contributed by atoms with Crippen LogP contribution < -0.4 is 19.6 Å². The lowest BCUT2D eigenvalue weighted by Gasteiger charge is -2.24. The van der Waals surface area contributed by atoms with E-state index in [-0.39, 0.29) is 12.2 Å². The van der Waals surface area contributed by atoms with Crippen molar-refractivity contribution in [1.29, 1.82) is 0 Å². The molecule has 0 bridgehead atoms. The molecule has 36 heavy (non-hydrogen) atoms. The highest BCUT2D eigenvalue weighted by Crippen LogP contribution is 2.31. The van der Waals surface area contributed by atoms with E-state index in [1.165, 1.54) is 17.4 Å². The van der Waals surface area contributed by atoms with Gasteiger partial charge in [0.25, 0.3) is 5.56 Å². The number of allylic oxidation sites excluding steroid dienone is 2. The highest BCUT2D eigenvalue weighted by Gasteiger charge is 2.33. The van der Waals surface area contributed by atoms with Gasteiger partial charge >= 0.3 is 5.97 Å². The van der Waals surface area contributed by atoms with E-state index in [0.29, 0.717) is 20.6 Å². The van der Waals surface area contributed by atoms with E-state index in [1.54, 1.807) is 36.4 Å². The lowest BCUT2D eigenvalue weighted by molar-refractivity contribution is -0.138. The first-order chi connectivity index (χ1) is 17.5. The van der Waals surface area contributed by atoms with E-state index in [0.717, 1.165) is 21.8 Å². The number of hydrogen-bond acceptors (Lipinski definition) is 7. The van der Waals surface area contributed by atoms with E-state index in [4.69, 9.17) is 9.47 Å². The number of nitrogens with zero attached hydrogens (tertiary/aromatic N) is 2. The lowest BCUT2D eigenvalue weighted by atomic mass is 9.96. The predicted octanol–water partition coefficient (Wildman–Crippen LogP) is 4.36. The van der Waals surface area contributed by atoms with Crippen molar-refractivity contribution in [2.75, 3.05) is 20.0 Å². The minimum Gasteiger partial charge on any atom is -0.496 e. The Labute approximate surface area is 217 Å². The quantitative estimate of drug-likeness (QED) is 0.252. The number of esters is 1. The number of hydrogen-bond donors (Lipinski definition) is 0. The highest BCUT2D eigenvalue weighted by molar-refractivity contribution is 7.98. The van der Waals surface area contributed by atoms with Crippen molar-refractivity contribution < 1.29 is 14.3 Å². The number of ether oxygens (including phenoxy) is 2. The number of thioether (sulfide) groups is 1. The Morgan fingerprint density at radius 3 is 2.67 bits per heavy atom. The molecule has 0 saturated heterocycles. The van der Waals surface area contributed by atoms with Crippen LogP contribution in [0.1, 0.15) is 24.1 Å². The van der Waals surface area contributed by atoms with Crippen LogP contribution in [0.25, 0.3) is 12.2 Å². The van der Waals surface area contributed by atoms with Gasteiger partial charge in [-0.15, -0.1) is 11.8 Å². The number of methoxy groups -OCH3 is 1. The summed E-state index contributed by atoms with van der Waals surface area (Å²) in [4.78, 5) is 32.9. The zero-order valence-electron chi connectivity index (χ0n) is 20.3. The molecule has 1 aliphatic heterocycles. The standard InChI is InChI=1S/C28H26N2O4S2/c1-5-17-34-27(32)24-18(2)29-28-30(25(24)20-13-15-21(35-4)16-14-20)26(31)23(36-28)12-8-10-19-9-6-7-11-22(19)33-3/h5-16,25H,1,17H2,2-4H3. The van der Waals surface area contributed by atoms with Gasteiger partial charge in [0, 0.05) is 10.5 Å². The minimum absolute atomic E-state index is 0.0753. The van der Waals surface area contributed by atoms with Crippen LogP contribution in [0.2, 0.25) is 0 Å². The average molecular weight is 519 g/mol. The molecule has 1 atom stereocenters. The van der Waals surface area contributed by atoms with E-state index in [1.807, 2.05) is 66.9 Å². The second kappa shape index (κ2) is 11.4. The smallest absolute Gasteiger partial charge is 0.338 e. The monoisotopic (exact) mass is 518 g/mol.